The molecule has 0 saturated heterocycles. The molecule has 0 saturated carbocycles. The van der Waals surface area contributed by atoms with E-state index in [1.165, 1.54) is 13.8 Å². The van der Waals surface area contributed by atoms with Gasteiger partial charge in [-0.15, -0.1) is 0 Å². The second-order valence-corrected chi connectivity index (χ2v) is 5.82. The Morgan fingerprint density at radius 2 is 1.88 bits per heavy atom. The van der Waals surface area contributed by atoms with Crippen LogP contribution in [0.5, 0.6) is 5.75 Å². The molecule has 130 valence electrons. The van der Waals surface area contributed by atoms with Crippen molar-refractivity contribution in [3.05, 3.63) is 41.0 Å². The van der Waals surface area contributed by atoms with E-state index in [1.807, 2.05) is 19.9 Å². The van der Waals surface area contributed by atoms with Crippen LogP contribution in [0.15, 0.2) is 29.8 Å². The Balaban J connectivity index is 3.09. The zero-order chi connectivity index (χ0) is 18.3. The summed E-state index contributed by atoms with van der Waals surface area (Å²) in [6.07, 6.45) is 2.71. The molecule has 0 aromatic heterocycles. The van der Waals surface area contributed by atoms with Crippen molar-refractivity contribution in [2.45, 2.75) is 46.6 Å². The summed E-state index contributed by atoms with van der Waals surface area (Å²) in [5.74, 6) is -1.46. The molecule has 1 aromatic rings. The van der Waals surface area contributed by atoms with Gasteiger partial charge in [0, 0.05) is 20.3 Å². The van der Waals surface area contributed by atoms with Gasteiger partial charge in [0.05, 0.1) is 0 Å². The molecule has 6 nitrogen and oxygen atoms in total. The maximum Gasteiger partial charge on any atom is 0.326 e. The fraction of sp³-hybridized carbons (Fsp3) is 0.389. The predicted octanol–water partition coefficient (Wildman–Crippen LogP) is 2.25. The summed E-state index contributed by atoms with van der Waals surface area (Å²) in [5.41, 5.74) is 2.65. The highest BCUT2D eigenvalue weighted by Gasteiger charge is 2.19. The summed E-state index contributed by atoms with van der Waals surface area (Å²) in [6, 6.07) is 4.15. The zero-order valence-corrected chi connectivity index (χ0v) is 14.4. The largest absolute Gasteiger partial charge is 0.480 e. The second kappa shape index (κ2) is 8.86. The topological polar surface area (TPSA) is 92.7 Å². The van der Waals surface area contributed by atoms with Crippen LogP contribution < -0.4 is 10.1 Å². The number of ether oxygens (including phenoxy) is 1. The number of hydrogen-bond donors (Lipinski definition) is 2. The highest BCUT2D eigenvalue weighted by Crippen LogP contribution is 2.23. The number of benzene rings is 1. The van der Waals surface area contributed by atoms with E-state index in [1.54, 1.807) is 18.2 Å². The lowest BCUT2D eigenvalue weighted by molar-refractivity contribution is -0.141. The third-order valence-electron chi connectivity index (χ3n) is 3.22. The maximum absolute atomic E-state index is 11.3. The minimum atomic E-state index is -1.10. The fourth-order valence-corrected chi connectivity index (χ4v) is 2.17. The predicted molar refractivity (Wildman–Crippen MR) is 89.8 cm³/mol. The molecule has 0 heterocycles. The molecule has 1 rings (SSSR count). The van der Waals surface area contributed by atoms with Gasteiger partial charge in [0.1, 0.15) is 11.8 Å². The van der Waals surface area contributed by atoms with Gasteiger partial charge in [-0.1, -0.05) is 23.8 Å². The van der Waals surface area contributed by atoms with Crippen LogP contribution >= 0.6 is 0 Å². The first-order chi connectivity index (χ1) is 11.2. The van der Waals surface area contributed by atoms with Crippen molar-refractivity contribution in [3.63, 3.8) is 0 Å². The Labute approximate surface area is 141 Å². The van der Waals surface area contributed by atoms with Crippen LogP contribution in [0.1, 0.15) is 38.8 Å². The third kappa shape index (κ3) is 6.64. The van der Waals surface area contributed by atoms with Crippen LogP contribution in [0.2, 0.25) is 0 Å². The van der Waals surface area contributed by atoms with E-state index in [0.29, 0.717) is 12.2 Å². The number of carbonyl (C=O) groups excluding carboxylic acids is 2. The van der Waals surface area contributed by atoms with E-state index in [9.17, 15) is 19.5 Å². The molecule has 1 amide bonds. The summed E-state index contributed by atoms with van der Waals surface area (Å²) < 4.78 is 5.20. The first kappa shape index (κ1) is 19.4. The molecule has 1 aromatic carbocycles. The number of amides is 1. The molecule has 6 heteroatoms. The molecular weight excluding hydrogens is 310 g/mol. The lowest BCUT2D eigenvalue weighted by Crippen LogP contribution is -2.41. The van der Waals surface area contributed by atoms with E-state index in [2.05, 4.69) is 5.32 Å². The number of carboxylic acids is 1. The van der Waals surface area contributed by atoms with Gasteiger partial charge < -0.3 is 15.2 Å². The number of esters is 1. The van der Waals surface area contributed by atoms with Crippen molar-refractivity contribution in [2.24, 2.45) is 0 Å². The van der Waals surface area contributed by atoms with Gasteiger partial charge in [0.15, 0.2) is 0 Å². The van der Waals surface area contributed by atoms with Crippen LogP contribution in [0.3, 0.4) is 0 Å². The number of rotatable bonds is 7. The molecule has 0 aliphatic carbocycles. The van der Waals surface area contributed by atoms with Crippen LogP contribution in [0.25, 0.3) is 0 Å². The van der Waals surface area contributed by atoms with Crippen molar-refractivity contribution < 1.29 is 24.2 Å². The molecule has 0 aliphatic rings. The molecule has 0 radical (unpaired) electrons. The highest BCUT2D eigenvalue weighted by molar-refractivity contribution is 5.82. The highest BCUT2D eigenvalue weighted by atomic mass is 16.5. The molecule has 0 spiro atoms. The monoisotopic (exact) mass is 333 g/mol. The molecule has 0 bridgehead atoms. The minimum Gasteiger partial charge on any atom is -0.480 e. The number of carboxylic acid groups (broad SMARTS) is 1. The Bertz CT molecular complexity index is 659. The maximum atomic E-state index is 11.3. The van der Waals surface area contributed by atoms with Crippen molar-refractivity contribution in [1.82, 2.24) is 5.32 Å². The average Bonchev–Trinajstić information content (AvgIpc) is 2.45. The SMILES string of the molecule is CC(=O)NC(Cc1ccc(OC(C)=O)c(CC=C(C)C)c1)C(=O)O. The zero-order valence-electron chi connectivity index (χ0n) is 14.4. The van der Waals surface area contributed by atoms with Crippen LogP contribution in [-0.4, -0.2) is 29.0 Å². The van der Waals surface area contributed by atoms with E-state index in [0.717, 1.165) is 16.7 Å². The van der Waals surface area contributed by atoms with Gasteiger partial charge in [0.25, 0.3) is 0 Å². The Hall–Kier alpha value is -2.63. The third-order valence-corrected chi connectivity index (χ3v) is 3.22. The van der Waals surface area contributed by atoms with Crippen LogP contribution in [0, 0.1) is 0 Å². The minimum absolute atomic E-state index is 0.150. The normalized spacial score (nSPS) is 11.3. The molecule has 1 atom stereocenters. The van der Waals surface area contributed by atoms with E-state index in [-0.39, 0.29) is 6.42 Å². The Morgan fingerprint density at radius 3 is 2.38 bits per heavy atom. The second-order valence-electron chi connectivity index (χ2n) is 5.82. The summed E-state index contributed by atoms with van der Waals surface area (Å²) in [6.45, 7) is 6.54. The number of hydrogen-bond acceptors (Lipinski definition) is 4. The first-order valence-electron chi connectivity index (χ1n) is 7.62. The smallest absolute Gasteiger partial charge is 0.326 e. The molecule has 24 heavy (non-hydrogen) atoms. The van der Waals surface area contributed by atoms with Crippen molar-refractivity contribution in [1.29, 1.82) is 0 Å². The van der Waals surface area contributed by atoms with Gasteiger partial charge in [0.2, 0.25) is 5.91 Å². The van der Waals surface area contributed by atoms with E-state index in [4.69, 9.17) is 4.74 Å². The van der Waals surface area contributed by atoms with E-state index < -0.39 is 23.9 Å². The number of allylic oxidation sites excluding steroid dienone is 2. The van der Waals surface area contributed by atoms with Gasteiger partial charge in [-0.3, -0.25) is 9.59 Å². The summed E-state index contributed by atoms with van der Waals surface area (Å²) >= 11 is 0. The standard InChI is InChI=1S/C18H23NO5/c1-11(2)5-7-15-9-14(6-8-17(15)24-13(4)21)10-16(18(22)23)19-12(3)20/h5-6,8-9,16H,7,10H2,1-4H3,(H,19,20)(H,22,23). The number of carbonyl (C=O) groups is 3. The van der Waals surface area contributed by atoms with Gasteiger partial charge in [-0.2, -0.15) is 0 Å². The summed E-state index contributed by atoms with van der Waals surface area (Å²) in [5, 5.41) is 11.6. The van der Waals surface area contributed by atoms with E-state index >= 15 is 0 Å². The number of aliphatic carboxylic acids is 1. The van der Waals surface area contributed by atoms with Gasteiger partial charge in [-0.25, -0.2) is 4.79 Å². The van der Waals surface area contributed by atoms with Crippen LogP contribution in [0.4, 0.5) is 0 Å². The Kier molecular flexibility index (Phi) is 7.17. The average molecular weight is 333 g/mol. The molecule has 2 N–H and O–H groups in total. The summed E-state index contributed by atoms with van der Waals surface area (Å²) in [4.78, 5) is 33.6. The lowest BCUT2D eigenvalue weighted by atomic mass is 10.0. The molecule has 0 aliphatic heterocycles. The van der Waals surface area contributed by atoms with Gasteiger partial charge >= 0.3 is 11.9 Å². The molecule has 0 fully saturated rings. The van der Waals surface area contributed by atoms with Crippen molar-refractivity contribution in [2.75, 3.05) is 0 Å². The fourth-order valence-electron chi connectivity index (χ4n) is 2.17. The van der Waals surface area contributed by atoms with Gasteiger partial charge in [-0.05, 0) is 37.5 Å². The quantitative estimate of drug-likeness (QED) is 0.453. The first-order valence-corrected chi connectivity index (χ1v) is 7.62. The lowest BCUT2D eigenvalue weighted by Gasteiger charge is -2.15. The van der Waals surface area contributed by atoms with Crippen molar-refractivity contribution >= 4 is 17.8 Å². The molecular formula is C18H23NO5. The molecule has 1 unspecified atom stereocenters. The summed E-state index contributed by atoms with van der Waals surface area (Å²) in [7, 11) is 0. The number of nitrogens with one attached hydrogen (secondary N) is 1. The van der Waals surface area contributed by atoms with Crippen molar-refractivity contribution in [3.8, 4) is 5.75 Å². The Morgan fingerprint density at radius 1 is 1.21 bits per heavy atom. The van der Waals surface area contributed by atoms with Crippen LogP contribution in [-0.2, 0) is 27.2 Å².